The van der Waals surface area contributed by atoms with E-state index in [-0.39, 0.29) is 12.1 Å². The molecule has 1 aromatic carbocycles. The molecular formula is C15H15FN2O3. The minimum absolute atomic E-state index is 0.253. The molecule has 6 heteroatoms. The van der Waals surface area contributed by atoms with Gasteiger partial charge in [0.25, 0.3) is 5.91 Å². The highest BCUT2D eigenvalue weighted by atomic mass is 19.1. The number of benzene rings is 1. The number of aromatic nitrogens is 1. The average molecular weight is 290 g/mol. The molecule has 2 aromatic rings. The third-order valence-electron chi connectivity index (χ3n) is 3.00. The molecule has 1 aromatic heterocycles. The number of hydrogen-bond donors (Lipinski definition) is 1. The lowest BCUT2D eigenvalue weighted by Crippen LogP contribution is -2.36. The van der Waals surface area contributed by atoms with Crippen LogP contribution in [0.15, 0.2) is 30.5 Å². The molecule has 1 heterocycles. The van der Waals surface area contributed by atoms with E-state index in [1.165, 1.54) is 35.4 Å². The van der Waals surface area contributed by atoms with Crippen molar-refractivity contribution in [3.05, 3.63) is 41.8 Å². The summed E-state index contributed by atoms with van der Waals surface area (Å²) in [5.41, 5.74) is 0.830. The number of carbonyl (C=O) groups is 2. The Bertz CT molecular complexity index is 688. The van der Waals surface area contributed by atoms with Crippen LogP contribution in [-0.2, 0) is 4.79 Å². The molecule has 0 unspecified atom stereocenters. The first-order valence-electron chi connectivity index (χ1n) is 6.57. The van der Waals surface area contributed by atoms with Gasteiger partial charge in [0.05, 0.1) is 11.1 Å². The van der Waals surface area contributed by atoms with E-state index < -0.39 is 17.7 Å². The van der Waals surface area contributed by atoms with Crippen molar-refractivity contribution in [2.75, 3.05) is 13.1 Å². The zero-order chi connectivity index (χ0) is 15.4. The van der Waals surface area contributed by atoms with Crippen LogP contribution in [0.3, 0.4) is 0 Å². The first-order chi connectivity index (χ1) is 10.0. The predicted octanol–water partition coefficient (Wildman–Crippen LogP) is 2.31. The fourth-order valence-corrected chi connectivity index (χ4v) is 2.09. The van der Waals surface area contributed by atoms with Crippen LogP contribution < -0.4 is 0 Å². The molecule has 0 atom stereocenters. The summed E-state index contributed by atoms with van der Waals surface area (Å²) in [6, 6.07) is 5.64. The lowest BCUT2D eigenvalue weighted by Gasteiger charge is -2.19. The molecule has 5 nitrogen and oxygen atoms in total. The second-order valence-corrected chi connectivity index (χ2v) is 4.68. The molecule has 2 rings (SSSR count). The molecule has 0 aliphatic carbocycles. The molecule has 0 radical (unpaired) electrons. The molecule has 110 valence electrons. The highest BCUT2D eigenvalue weighted by Crippen LogP contribution is 2.16. The Hall–Kier alpha value is -2.50. The van der Waals surface area contributed by atoms with Gasteiger partial charge in [-0.1, -0.05) is 6.92 Å². The molecule has 0 aliphatic rings. The van der Waals surface area contributed by atoms with Crippen molar-refractivity contribution in [3.8, 4) is 0 Å². The maximum absolute atomic E-state index is 13.2. The van der Waals surface area contributed by atoms with Crippen molar-refractivity contribution >= 4 is 22.8 Å². The van der Waals surface area contributed by atoms with Gasteiger partial charge >= 0.3 is 5.97 Å². The summed E-state index contributed by atoms with van der Waals surface area (Å²) in [6.07, 6.45) is 2.03. The number of amides is 1. The first-order valence-corrected chi connectivity index (χ1v) is 6.57. The van der Waals surface area contributed by atoms with E-state index >= 15 is 0 Å². The molecule has 0 saturated heterocycles. The molecule has 0 fully saturated rings. The van der Waals surface area contributed by atoms with E-state index in [9.17, 15) is 14.0 Å². The highest BCUT2D eigenvalue weighted by molar-refractivity contribution is 5.98. The van der Waals surface area contributed by atoms with Gasteiger partial charge in [-0.2, -0.15) is 0 Å². The molecule has 0 aliphatic heterocycles. The second-order valence-electron chi connectivity index (χ2n) is 4.68. The summed E-state index contributed by atoms with van der Waals surface area (Å²) in [4.78, 5) is 28.5. The monoisotopic (exact) mass is 290 g/mol. The largest absolute Gasteiger partial charge is 0.480 e. The zero-order valence-electron chi connectivity index (χ0n) is 11.5. The zero-order valence-corrected chi connectivity index (χ0v) is 11.5. The van der Waals surface area contributed by atoms with E-state index in [0.29, 0.717) is 23.9 Å². The normalized spacial score (nSPS) is 10.6. The minimum Gasteiger partial charge on any atom is -0.480 e. The summed E-state index contributed by atoms with van der Waals surface area (Å²) >= 11 is 0. The van der Waals surface area contributed by atoms with Gasteiger partial charge in [-0.05, 0) is 30.7 Å². The Morgan fingerprint density at radius 3 is 2.76 bits per heavy atom. The molecule has 0 bridgehead atoms. The molecule has 1 amide bonds. The van der Waals surface area contributed by atoms with Crippen LogP contribution in [0.4, 0.5) is 4.39 Å². The van der Waals surface area contributed by atoms with Gasteiger partial charge in [-0.3, -0.25) is 14.6 Å². The van der Waals surface area contributed by atoms with Gasteiger partial charge in [0, 0.05) is 18.1 Å². The lowest BCUT2D eigenvalue weighted by molar-refractivity contribution is -0.137. The minimum atomic E-state index is -1.07. The molecule has 1 N–H and O–H groups in total. The van der Waals surface area contributed by atoms with E-state index in [1.54, 1.807) is 0 Å². The third kappa shape index (κ3) is 3.53. The fraction of sp³-hybridized carbons (Fsp3) is 0.267. The number of rotatable bonds is 5. The topological polar surface area (TPSA) is 70.5 Å². The number of aliphatic carboxylic acids is 1. The van der Waals surface area contributed by atoms with Crippen molar-refractivity contribution in [2.24, 2.45) is 0 Å². The Kier molecular flexibility index (Phi) is 4.47. The van der Waals surface area contributed by atoms with E-state index in [0.717, 1.165) is 0 Å². The van der Waals surface area contributed by atoms with E-state index in [1.807, 2.05) is 6.92 Å². The van der Waals surface area contributed by atoms with Gasteiger partial charge in [0.1, 0.15) is 12.4 Å². The van der Waals surface area contributed by atoms with Gasteiger partial charge in [-0.25, -0.2) is 4.39 Å². The van der Waals surface area contributed by atoms with Crippen LogP contribution in [-0.4, -0.2) is 40.0 Å². The molecule has 21 heavy (non-hydrogen) atoms. The summed E-state index contributed by atoms with van der Waals surface area (Å²) in [7, 11) is 0. The number of hydrogen-bond acceptors (Lipinski definition) is 3. The number of nitrogens with zero attached hydrogens (tertiary/aromatic N) is 2. The highest BCUT2D eigenvalue weighted by Gasteiger charge is 2.18. The first kappa shape index (κ1) is 14.9. The number of carbonyl (C=O) groups excluding carboxylic acids is 1. The van der Waals surface area contributed by atoms with Crippen molar-refractivity contribution < 1.29 is 19.1 Å². The number of carboxylic acid groups (broad SMARTS) is 1. The van der Waals surface area contributed by atoms with Crippen molar-refractivity contribution in [1.82, 2.24) is 9.88 Å². The summed E-state index contributed by atoms with van der Waals surface area (Å²) < 4.78 is 13.2. The molecule has 0 spiro atoms. The Balaban J connectivity index is 2.34. The quantitative estimate of drug-likeness (QED) is 0.917. The Morgan fingerprint density at radius 2 is 2.10 bits per heavy atom. The van der Waals surface area contributed by atoms with Crippen molar-refractivity contribution in [2.45, 2.75) is 13.3 Å². The summed E-state index contributed by atoms with van der Waals surface area (Å²) in [5.74, 6) is -1.90. The summed E-state index contributed by atoms with van der Waals surface area (Å²) in [6.45, 7) is 1.83. The van der Waals surface area contributed by atoms with Crippen LogP contribution in [0.25, 0.3) is 10.9 Å². The SMILES string of the molecule is CCCN(CC(=O)O)C(=O)c1cnc2ccc(F)cc2c1. The fourth-order valence-electron chi connectivity index (χ4n) is 2.09. The predicted molar refractivity (Wildman–Crippen MR) is 75.5 cm³/mol. The Morgan fingerprint density at radius 1 is 1.33 bits per heavy atom. The van der Waals surface area contributed by atoms with Crippen LogP contribution in [0.5, 0.6) is 0 Å². The Labute approximate surface area is 121 Å². The van der Waals surface area contributed by atoms with Gasteiger partial charge < -0.3 is 10.0 Å². The van der Waals surface area contributed by atoms with Crippen LogP contribution in [0, 0.1) is 5.82 Å². The van der Waals surface area contributed by atoms with E-state index in [2.05, 4.69) is 4.98 Å². The lowest BCUT2D eigenvalue weighted by atomic mass is 10.1. The number of carboxylic acids is 1. The average Bonchev–Trinajstić information content (AvgIpc) is 2.44. The third-order valence-corrected chi connectivity index (χ3v) is 3.00. The number of halogens is 1. The van der Waals surface area contributed by atoms with Crippen LogP contribution >= 0.6 is 0 Å². The summed E-state index contributed by atoms with van der Waals surface area (Å²) in [5, 5.41) is 9.36. The standard InChI is InChI=1S/C15H15FN2O3/c1-2-5-18(9-14(19)20)15(21)11-6-10-7-12(16)3-4-13(10)17-8-11/h3-4,6-8H,2,5,9H2,1H3,(H,19,20). The molecular weight excluding hydrogens is 275 g/mol. The maximum Gasteiger partial charge on any atom is 0.323 e. The van der Waals surface area contributed by atoms with E-state index in [4.69, 9.17) is 5.11 Å². The van der Waals surface area contributed by atoms with Gasteiger partial charge in [0.2, 0.25) is 0 Å². The van der Waals surface area contributed by atoms with Crippen molar-refractivity contribution in [3.63, 3.8) is 0 Å². The second kappa shape index (κ2) is 6.30. The van der Waals surface area contributed by atoms with Crippen molar-refractivity contribution in [1.29, 1.82) is 0 Å². The number of pyridine rings is 1. The van der Waals surface area contributed by atoms with Crippen LogP contribution in [0.2, 0.25) is 0 Å². The molecule has 0 saturated carbocycles. The van der Waals surface area contributed by atoms with Gasteiger partial charge in [0.15, 0.2) is 0 Å². The number of fused-ring (bicyclic) bond motifs is 1. The van der Waals surface area contributed by atoms with Gasteiger partial charge in [-0.15, -0.1) is 0 Å². The maximum atomic E-state index is 13.2. The smallest absolute Gasteiger partial charge is 0.323 e. The van der Waals surface area contributed by atoms with Crippen LogP contribution in [0.1, 0.15) is 23.7 Å².